The number of hydrogen-bond donors (Lipinski definition) is 1. The van der Waals surface area contributed by atoms with Crippen LogP contribution in [0.5, 0.6) is 0 Å². The summed E-state index contributed by atoms with van der Waals surface area (Å²) in [7, 11) is 0. The SMILES string of the molecule is NCc1cnn(-c2ccc(Cl)cc2)c1C(F)F. The molecule has 0 aliphatic carbocycles. The van der Waals surface area contributed by atoms with Crippen molar-refractivity contribution < 1.29 is 8.78 Å². The minimum absolute atomic E-state index is 0.0350. The number of nitrogens with two attached hydrogens (primary N) is 1. The number of benzene rings is 1. The Balaban J connectivity index is 2.51. The molecule has 0 bridgehead atoms. The molecule has 0 saturated heterocycles. The smallest absolute Gasteiger partial charge is 0.280 e. The zero-order chi connectivity index (χ0) is 12.4. The van der Waals surface area contributed by atoms with Crippen molar-refractivity contribution in [3.8, 4) is 5.69 Å². The summed E-state index contributed by atoms with van der Waals surface area (Å²) < 4.78 is 27.0. The number of alkyl halides is 2. The van der Waals surface area contributed by atoms with Crippen LogP contribution in [0.3, 0.4) is 0 Å². The minimum Gasteiger partial charge on any atom is -0.326 e. The summed E-state index contributed by atoms with van der Waals surface area (Å²) >= 11 is 5.74. The van der Waals surface area contributed by atoms with Gasteiger partial charge in [0.25, 0.3) is 6.43 Å². The maximum atomic E-state index is 12.9. The van der Waals surface area contributed by atoms with Gasteiger partial charge >= 0.3 is 0 Å². The van der Waals surface area contributed by atoms with Gasteiger partial charge in [0.2, 0.25) is 0 Å². The summed E-state index contributed by atoms with van der Waals surface area (Å²) in [6.07, 6.45) is -1.26. The highest BCUT2D eigenvalue weighted by atomic mass is 35.5. The Hall–Kier alpha value is -1.46. The lowest BCUT2D eigenvalue weighted by Crippen LogP contribution is -2.06. The Morgan fingerprint density at radius 1 is 1.29 bits per heavy atom. The number of halogens is 3. The molecule has 6 heteroatoms. The molecular formula is C11H10ClF2N3. The summed E-state index contributed by atoms with van der Waals surface area (Å²) in [6, 6.07) is 6.49. The van der Waals surface area contributed by atoms with E-state index >= 15 is 0 Å². The van der Waals surface area contributed by atoms with Crippen LogP contribution >= 0.6 is 11.6 Å². The van der Waals surface area contributed by atoms with E-state index in [9.17, 15) is 8.78 Å². The van der Waals surface area contributed by atoms with E-state index in [1.54, 1.807) is 24.3 Å². The molecule has 2 N–H and O–H groups in total. The molecule has 90 valence electrons. The van der Waals surface area contributed by atoms with Crippen LogP contribution in [0.2, 0.25) is 5.02 Å². The Morgan fingerprint density at radius 3 is 2.47 bits per heavy atom. The normalized spacial score (nSPS) is 11.1. The van der Waals surface area contributed by atoms with Crippen molar-refractivity contribution >= 4 is 11.6 Å². The van der Waals surface area contributed by atoms with Crippen molar-refractivity contribution in [3.63, 3.8) is 0 Å². The Labute approximate surface area is 102 Å². The van der Waals surface area contributed by atoms with Crippen molar-refractivity contribution in [1.82, 2.24) is 9.78 Å². The van der Waals surface area contributed by atoms with Crippen LogP contribution in [0, 0.1) is 0 Å². The lowest BCUT2D eigenvalue weighted by Gasteiger charge is -2.08. The van der Waals surface area contributed by atoms with Crippen molar-refractivity contribution in [1.29, 1.82) is 0 Å². The third kappa shape index (κ3) is 2.30. The fourth-order valence-corrected chi connectivity index (χ4v) is 1.70. The first kappa shape index (κ1) is 12.0. The van der Waals surface area contributed by atoms with Crippen LogP contribution in [0.15, 0.2) is 30.5 Å². The third-order valence-corrected chi connectivity index (χ3v) is 2.64. The molecule has 0 unspecified atom stereocenters. The maximum Gasteiger partial charge on any atom is 0.280 e. The van der Waals surface area contributed by atoms with Crippen molar-refractivity contribution in [2.24, 2.45) is 5.73 Å². The van der Waals surface area contributed by atoms with Crippen LogP contribution < -0.4 is 5.73 Å². The van der Waals surface area contributed by atoms with E-state index in [4.69, 9.17) is 17.3 Å². The number of aromatic nitrogens is 2. The van der Waals surface area contributed by atoms with Crippen LogP contribution in [-0.4, -0.2) is 9.78 Å². The first-order valence-corrected chi connectivity index (χ1v) is 5.32. The Bertz CT molecular complexity index is 508. The fraction of sp³-hybridized carbons (Fsp3) is 0.182. The van der Waals surface area contributed by atoms with Gasteiger partial charge in [0.1, 0.15) is 5.69 Å². The standard InChI is InChI=1S/C11H10ClF2N3/c12-8-1-3-9(4-2-8)17-10(11(13)14)7(5-15)6-16-17/h1-4,6,11H,5,15H2. The van der Waals surface area contributed by atoms with E-state index in [2.05, 4.69) is 5.10 Å². The van der Waals surface area contributed by atoms with Crippen molar-refractivity contribution in [3.05, 3.63) is 46.7 Å². The molecule has 2 rings (SSSR count). The predicted octanol–water partition coefficient (Wildman–Crippen LogP) is 2.92. The maximum absolute atomic E-state index is 12.9. The molecule has 0 atom stereocenters. The monoisotopic (exact) mass is 257 g/mol. The van der Waals surface area contributed by atoms with E-state index in [1.165, 1.54) is 10.9 Å². The number of hydrogen-bond acceptors (Lipinski definition) is 2. The van der Waals surface area contributed by atoms with Crippen LogP contribution in [-0.2, 0) is 6.54 Å². The Kier molecular flexibility index (Phi) is 3.40. The number of nitrogens with zero attached hydrogens (tertiary/aromatic N) is 2. The second kappa shape index (κ2) is 4.81. The largest absolute Gasteiger partial charge is 0.326 e. The van der Waals surface area contributed by atoms with Gasteiger partial charge in [-0.05, 0) is 24.3 Å². The highest BCUT2D eigenvalue weighted by molar-refractivity contribution is 6.30. The first-order chi connectivity index (χ1) is 8.13. The van der Waals surface area contributed by atoms with E-state index in [-0.39, 0.29) is 12.2 Å². The lowest BCUT2D eigenvalue weighted by molar-refractivity contribution is 0.141. The average molecular weight is 258 g/mol. The van der Waals surface area contributed by atoms with Crippen molar-refractivity contribution in [2.45, 2.75) is 13.0 Å². The summed E-state index contributed by atoms with van der Waals surface area (Å²) in [5, 5.41) is 4.46. The Morgan fingerprint density at radius 2 is 1.94 bits per heavy atom. The van der Waals surface area contributed by atoms with Gasteiger partial charge in [-0.3, -0.25) is 0 Å². The quantitative estimate of drug-likeness (QED) is 0.919. The van der Waals surface area contributed by atoms with Gasteiger partial charge in [-0.15, -0.1) is 0 Å². The van der Waals surface area contributed by atoms with Gasteiger partial charge in [0, 0.05) is 17.1 Å². The molecule has 2 aromatic rings. The van der Waals surface area contributed by atoms with E-state index in [0.29, 0.717) is 16.3 Å². The molecule has 0 spiro atoms. The molecule has 1 heterocycles. The molecule has 3 nitrogen and oxygen atoms in total. The number of rotatable bonds is 3. The molecule has 0 fully saturated rings. The topological polar surface area (TPSA) is 43.8 Å². The van der Waals surface area contributed by atoms with Gasteiger partial charge in [-0.1, -0.05) is 11.6 Å². The fourth-order valence-electron chi connectivity index (χ4n) is 1.57. The van der Waals surface area contributed by atoms with Gasteiger partial charge in [-0.25, -0.2) is 13.5 Å². The summed E-state index contributed by atoms with van der Waals surface area (Å²) in [6.45, 7) is 0.0350. The van der Waals surface area contributed by atoms with Crippen molar-refractivity contribution in [2.75, 3.05) is 0 Å². The molecule has 0 amide bonds. The van der Waals surface area contributed by atoms with E-state index in [0.717, 1.165) is 0 Å². The molecule has 0 aliphatic rings. The zero-order valence-electron chi connectivity index (χ0n) is 8.78. The lowest BCUT2D eigenvalue weighted by atomic mass is 10.2. The highest BCUT2D eigenvalue weighted by Gasteiger charge is 2.19. The van der Waals surface area contributed by atoms with Gasteiger partial charge in [-0.2, -0.15) is 5.10 Å². The summed E-state index contributed by atoms with van der Waals surface area (Å²) in [5.41, 5.74) is 6.10. The van der Waals surface area contributed by atoms with E-state index in [1.807, 2.05) is 0 Å². The first-order valence-electron chi connectivity index (χ1n) is 4.94. The molecule has 17 heavy (non-hydrogen) atoms. The van der Waals surface area contributed by atoms with Gasteiger partial charge < -0.3 is 5.73 Å². The molecular weight excluding hydrogens is 248 g/mol. The molecule has 0 radical (unpaired) electrons. The highest BCUT2D eigenvalue weighted by Crippen LogP contribution is 2.25. The summed E-state index contributed by atoms with van der Waals surface area (Å²) in [5.74, 6) is 0. The minimum atomic E-state index is -2.62. The zero-order valence-corrected chi connectivity index (χ0v) is 9.53. The van der Waals surface area contributed by atoms with E-state index < -0.39 is 6.43 Å². The van der Waals surface area contributed by atoms with Crippen LogP contribution in [0.1, 0.15) is 17.7 Å². The van der Waals surface area contributed by atoms with Gasteiger partial charge in [0.05, 0.1) is 11.9 Å². The molecule has 0 saturated carbocycles. The molecule has 1 aromatic carbocycles. The third-order valence-electron chi connectivity index (χ3n) is 2.38. The van der Waals surface area contributed by atoms with Crippen LogP contribution in [0.4, 0.5) is 8.78 Å². The predicted molar refractivity (Wildman–Crippen MR) is 61.4 cm³/mol. The molecule has 1 aromatic heterocycles. The second-order valence-electron chi connectivity index (χ2n) is 3.45. The summed E-state index contributed by atoms with van der Waals surface area (Å²) in [4.78, 5) is 0. The average Bonchev–Trinajstić information content (AvgIpc) is 2.73. The molecule has 0 aliphatic heterocycles. The van der Waals surface area contributed by atoms with Crippen LogP contribution in [0.25, 0.3) is 5.69 Å². The second-order valence-corrected chi connectivity index (χ2v) is 3.88. The van der Waals surface area contributed by atoms with Gasteiger partial charge in [0.15, 0.2) is 0 Å².